The van der Waals surface area contributed by atoms with Gasteiger partial charge in [0.25, 0.3) is 0 Å². The Morgan fingerprint density at radius 1 is 1.38 bits per heavy atom. The lowest BCUT2D eigenvalue weighted by Crippen LogP contribution is -2.37. The monoisotopic (exact) mass is 183 g/mol. The molecule has 0 N–H and O–H groups in total. The summed E-state index contributed by atoms with van der Waals surface area (Å²) in [6.07, 6.45) is 0.914. The third-order valence-corrected chi connectivity index (χ3v) is 2.60. The molecule has 0 aromatic heterocycles. The van der Waals surface area contributed by atoms with Crippen LogP contribution < -0.4 is 0 Å². The van der Waals surface area contributed by atoms with Crippen molar-refractivity contribution in [2.75, 3.05) is 13.6 Å². The predicted molar refractivity (Wildman–Crippen MR) is 46.3 cm³/mol. The minimum absolute atomic E-state index is 0.0655. The van der Waals surface area contributed by atoms with E-state index >= 15 is 0 Å². The van der Waals surface area contributed by atoms with E-state index in [1.807, 2.05) is 11.9 Å². The molecule has 1 aliphatic rings. The fourth-order valence-corrected chi connectivity index (χ4v) is 1.68. The van der Waals surface area contributed by atoms with Crippen LogP contribution in [-0.2, 0) is 0 Å². The Bertz CT molecular complexity index is 325. The molecule has 0 amide bonds. The molecule has 1 fully saturated rings. The normalized spacial score (nSPS) is 22.8. The molecule has 0 saturated carbocycles. The smallest absolute Gasteiger partial charge is 0.128 e. The number of hydrogen-bond acceptors (Lipinski definition) is 1. The lowest BCUT2D eigenvalue weighted by atomic mass is 9.95. The number of rotatable bonds is 1. The molecule has 2 rings (SSSR count). The lowest BCUT2D eigenvalue weighted by Gasteiger charge is -2.38. The topological polar surface area (TPSA) is 3.24 Å². The van der Waals surface area contributed by atoms with Gasteiger partial charge in [-0.15, -0.1) is 0 Å². The van der Waals surface area contributed by atoms with Gasteiger partial charge >= 0.3 is 0 Å². The van der Waals surface area contributed by atoms with Crippen molar-refractivity contribution in [3.8, 4) is 0 Å². The first-order chi connectivity index (χ1) is 6.18. The summed E-state index contributed by atoms with van der Waals surface area (Å²) in [7, 11) is 1.92. The van der Waals surface area contributed by atoms with Gasteiger partial charge < -0.3 is 0 Å². The molecule has 0 bridgehead atoms. The Kier molecular flexibility index (Phi) is 2.04. The second-order valence-electron chi connectivity index (χ2n) is 3.45. The Morgan fingerprint density at radius 3 is 2.69 bits per heavy atom. The molecule has 0 unspecified atom stereocenters. The molecule has 1 atom stereocenters. The minimum Gasteiger partial charge on any atom is -0.299 e. The number of halogens is 2. The van der Waals surface area contributed by atoms with Crippen LogP contribution in [0, 0.1) is 11.6 Å². The van der Waals surface area contributed by atoms with Crippen molar-refractivity contribution in [3.05, 3.63) is 35.4 Å². The average Bonchev–Trinajstić information content (AvgIpc) is 2.09. The number of hydrogen-bond donors (Lipinski definition) is 0. The second-order valence-corrected chi connectivity index (χ2v) is 3.45. The molecule has 1 nitrogen and oxygen atoms in total. The maximum absolute atomic E-state index is 13.2. The van der Waals surface area contributed by atoms with Crippen LogP contribution >= 0.6 is 0 Å². The van der Waals surface area contributed by atoms with Gasteiger partial charge in [-0.25, -0.2) is 8.78 Å². The zero-order chi connectivity index (χ0) is 9.42. The van der Waals surface area contributed by atoms with Crippen LogP contribution in [0.15, 0.2) is 18.2 Å². The summed E-state index contributed by atoms with van der Waals surface area (Å²) in [5, 5.41) is 0. The number of nitrogens with zero attached hydrogens (tertiary/aromatic N) is 1. The van der Waals surface area contributed by atoms with Crippen LogP contribution in [0.3, 0.4) is 0 Å². The van der Waals surface area contributed by atoms with Crippen molar-refractivity contribution in [1.82, 2.24) is 4.90 Å². The van der Waals surface area contributed by atoms with Gasteiger partial charge in [0.1, 0.15) is 11.6 Å². The summed E-state index contributed by atoms with van der Waals surface area (Å²) in [4.78, 5) is 2.01. The van der Waals surface area contributed by atoms with Crippen molar-refractivity contribution in [3.63, 3.8) is 0 Å². The van der Waals surface area contributed by atoms with Gasteiger partial charge in [0.15, 0.2) is 0 Å². The first-order valence-corrected chi connectivity index (χ1v) is 4.33. The highest BCUT2D eigenvalue weighted by atomic mass is 19.1. The summed E-state index contributed by atoms with van der Waals surface area (Å²) in [6.45, 7) is 0.959. The first-order valence-electron chi connectivity index (χ1n) is 4.33. The van der Waals surface area contributed by atoms with E-state index in [-0.39, 0.29) is 17.7 Å². The maximum atomic E-state index is 13.2. The van der Waals surface area contributed by atoms with Crippen LogP contribution in [0.1, 0.15) is 18.0 Å². The standard InChI is InChI=1S/C10H11F2N/c1-13-5-4-10(13)8-6-7(11)2-3-9(8)12/h2-3,6,10H,4-5H2,1H3/t10-/m0/s1. The quantitative estimate of drug-likeness (QED) is 0.646. The molecule has 1 aromatic rings. The molecule has 3 heteroatoms. The molecule has 13 heavy (non-hydrogen) atoms. The van der Waals surface area contributed by atoms with Gasteiger partial charge in [-0.1, -0.05) is 0 Å². The fraction of sp³-hybridized carbons (Fsp3) is 0.400. The van der Waals surface area contributed by atoms with Crippen molar-refractivity contribution in [2.24, 2.45) is 0 Å². The summed E-state index contributed by atoms with van der Waals surface area (Å²) in [6, 6.07) is 3.69. The van der Waals surface area contributed by atoms with Crippen molar-refractivity contribution < 1.29 is 8.78 Å². The van der Waals surface area contributed by atoms with Crippen LogP contribution in [0.2, 0.25) is 0 Å². The molecule has 0 aliphatic carbocycles. The third kappa shape index (κ3) is 1.44. The summed E-state index contributed by atoms with van der Waals surface area (Å²) < 4.78 is 26.0. The predicted octanol–water partition coefficient (Wildman–Crippen LogP) is 2.34. The average molecular weight is 183 g/mol. The van der Waals surface area contributed by atoms with Crippen molar-refractivity contribution in [1.29, 1.82) is 0 Å². The van der Waals surface area contributed by atoms with Gasteiger partial charge in [-0.3, -0.25) is 4.90 Å². The lowest BCUT2D eigenvalue weighted by molar-refractivity contribution is 0.124. The Labute approximate surface area is 76.0 Å². The molecule has 1 saturated heterocycles. The molecule has 1 aromatic carbocycles. The van der Waals surface area contributed by atoms with E-state index < -0.39 is 0 Å². The molecule has 0 radical (unpaired) electrons. The first kappa shape index (κ1) is 8.63. The largest absolute Gasteiger partial charge is 0.299 e. The third-order valence-electron chi connectivity index (χ3n) is 2.60. The molecular weight excluding hydrogens is 172 g/mol. The zero-order valence-corrected chi connectivity index (χ0v) is 7.43. The van der Waals surface area contributed by atoms with Crippen LogP contribution in [0.25, 0.3) is 0 Å². The van der Waals surface area contributed by atoms with Crippen LogP contribution in [0.5, 0.6) is 0 Å². The minimum atomic E-state index is -0.364. The zero-order valence-electron chi connectivity index (χ0n) is 7.43. The Morgan fingerprint density at radius 2 is 2.15 bits per heavy atom. The van der Waals surface area contributed by atoms with Gasteiger partial charge in [0.2, 0.25) is 0 Å². The van der Waals surface area contributed by atoms with Crippen molar-refractivity contribution >= 4 is 0 Å². The van der Waals surface area contributed by atoms with E-state index in [2.05, 4.69) is 0 Å². The maximum Gasteiger partial charge on any atom is 0.128 e. The van der Waals surface area contributed by atoms with Gasteiger partial charge in [0, 0.05) is 18.2 Å². The van der Waals surface area contributed by atoms with Crippen LogP contribution in [0.4, 0.5) is 8.78 Å². The highest BCUT2D eigenvalue weighted by molar-refractivity contribution is 5.23. The van der Waals surface area contributed by atoms with E-state index in [0.717, 1.165) is 19.0 Å². The Hall–Kier alpha value is -0.960. The summed E-state index contributed by atoms with van der Waals surface area (Å²) in [5.74, 6) is -0.672. The summed E-state index contributed by atoms with van der Waals surface area (Å²) >= 11 is 0. The van der Waals surface area contributed by atoms with Crippen molar-refractivity contribution in [2.45, 2.75) is 12.5 Å². The van der Waals surface area contributed by atoms with E-state index in [1.54, 1.807) is 0 Å². The number of likely N-dealkylation sites (tertiary alicyclic amines) is 1. The van der Waals surface area contributed by atoms with E-state index in [1.165, 1.54) is 12.1 Å². The molecular formula is C10H11F2N. The van der Waals surface area contributed by atoms with E-state index in [0.29, 0.717) is 5.56 Å². The number of benzene rings is 1. The Balaban J connectivity index is 2.33. The van der Waals surface area contributed by atoms with Gasteiger partial charge in [-0.05, 0) is 31.7 Å². The molecule has 1 aliphatic heterocycles. The van der Waals surface area contributed by atoms with E-state index in [9.17, 15) is 8.78 Å². The molecule has 70 valence electrons. The SMILES string of the molecule is CN1CC[C@H]1c1cc(F)ccc1F. The van der Waals surface area contributed by atoms with Gasteiger partial charge in [-0.2, -0.15) is 0 Å². The van der Waals surface area contributed by atoms with E-state index in [4.69, 9.17) is 0 Å². The molecule has 0 spiro atoms. The fourth-order valence-electron chi connectivity index (χ4n) is 1.68. The highest BCUT2D eigenvalue weighted by Crippen LogP contribution is 2.33. The van der Waals surface area contributed by atoms with Crippen LogP contribution in [-0.4, -0.2) is 18.5 Å². The summed E-state index contributed by atoms with van der Waals surface area (Å²) in [5.41, 5.74) is 0.480. The van der Waals surface area contributed by atoms with Gasteiger partial charge in [0.05, 0.1) is 0 Å². The molecule has 1 heterocycles. The second kappa shape index (κ2) is 3.07. The highest BCUT2D eigenvalue weighted by Gasteiger charge is 2.28.